The van der Waals surface area contributed by atoms with Crippen molar-refractivity contribution in [1.29, 1.82) is 0 Å². The zero-order chi connectivity index (χ0) is 13.0. The summed E-state index contributed by atoms with van der Waals surface area (Å²) in [4.78, 5) is 12.1. The molecule has 1 saturated carbocycles. The molecule has 1 heterocycles. The van der Waals surface area contributed by atoms with Crippen LogP contribution in [0.5, 0.6) is 0 Å². The summed E-state index contributed by atoms with van der Waals surface area (Å²) in [5.41, 5.74) is 1.60. The summed E-state index contributed by atoms with van der Waals surface area (Å²) in [6.45, 7) is 0. The number of hydrogen-bond acceptors (Lipinski definition) is 4. The molecule has 2 rings (SSSR count). The zero-order valence-corrected chi connectivity index (χ0v) is 10.6. The van der Waals surface area contributed by atoms with Gasteiger partial charge < -0.3 is 9.43 Å². The number of furan rings is 1. The van der Waals surface area contributed by atoms with Crippen molar-refractivity contribution >= 4 is 18.1 Å². The fourth-order valence-electron chi connectivity index (χ4n) is 1.80. The lowest BCUT2D eigenvalue weighted by Gasteiger charge is -2.00. The van der Waals surface area contributed by atoms with Gasteiger partial charge in [-0.05, 0) is 37.1 Å². The number of carbonyl (C=O) groups is 1. The van der Waals surface area contributed by atoms with Crippen LogP contribution in [0.25, 0.3) is 6.08 Å². The highest BCUT2D eigenvalue weighted by molar-refractivity contribution is 6.14. The van der Waals surface area contributed by atoms with E-state index in [-0.39, 0.29) is 5.78 Å². The molecule has 4 nitrogen and oxygen atoms in total. The second-order valence-electron chi connectivity index (χ2n) is 4.32. The molecule has 94 valence electrons. The average molecular weight is 244 g/mol. The number of ketones is 1. The van der Waals surface area contributed by atoms with Crippen LogP contribution in [-0.2, 0) is 4.79 Å². The summed E-state index contributed by atoms with van der Waals surface area (Å²) in [6, 6.07) is 3.65. The van der Waals surface area contributed by atoms with Crippen molar-refractivity contribution < 1.29 is 9.21 Å². The molecular weight excluding hydrogens is 228 g/mol. The number of Topliss-reactive ketones (excluding diaryl/α,β-unsaturated/α-hetero) is 1. The molecule has 4 heteroatoms. The lowest BCUT2D eigenvalue weighted by Crippen LogP contribution is -2.01. The Balaban J connectivity index is 2.10. The molecule has 1 aromatic rings. The standard InChI is InChI=1S/C14H16N2O2/c1-16(2)15-8-7-11-5-6-12(14(11)17)10-13-4-3-9-18-13/h3-4,7-10H,5-6H2,1-2H3/b11-7+,12-10+,15-8-. The molecule has 0 aliphatic heterocycles. The van der Waals surface area contributed by atoms with E-state index in [2.05, 4.69) is 5.10 Å². The van der Waals surface area contributed by atoms with Gasteiger partial charge in [-0.15, -0.1) is 0 Å². The van der Waals surface area contributed by atoms with Crippen LogP contribution in [0, 0.1) is 0 Å². The van der Waals surface area contributed by atoms with Crippen LogP contribution in [0.3, 0.4) is 0 Å². The first-order valence-electron chi connectivity index (χ1n) is 5.86. The first kappa shape index (κ1) is 12.4. The van der Waals surface area contributed by atoms with Crippen molar-refractivity contribution in [3.05, 3.63) is 41.4 Å². The molecule has 0 unspecified atom stereocenters. The van der Waals surface area contributed by atoms with Gasteiger partial charge in [-0.1, -0.05) is 0 Å². The molecule has 1 fully saturated rings. The van der Waals surface area contributed by atoms with Crippen molar-refractivity contribution in [3.63, 3.8) is 0 Å². The van der Waals surface area contributed by atoms with Crippen molar-refractivity contribution in [2.24, 2.45) is 5.10 Å². The van der Waals surface area contributed by atoms with E-state index in [1.165, 1.54) is 0 Å². The number of carbonyl (C=O) groups excluding carboxylic acids is 1. The second kappa shape index (κ2) is 5.49. The van der Waals surface area contributed by atoms with Crippen molar-refractivity contribution in [3.8, 4) is 0 Å². The zero-order valence-electron chi connectivity index (χ0n) is 10.6. The third kappa shape index (κ3) is 2.97. The number of allylic oxidation sites excluding steroid dienone is 3. The molecule has 0 aromatic carbocycles. The summed E-state index contributed by atoms with van der Waals surface area (Å²) in [6.07, 6.45) is 8.39. The predicted molar refractivity (Wildman–Crippen MR) is 71.2 cm³/mol. The first-order valence-corrected chi connectivity index (χ1v) is 5.86. The van der Waals surface area contributed by atoms with Crippen molar-refractivity contribution in [1.82, 2.24) is 5.01 Å². The quantitative estimate of drug-likeness (QED) is 0.466. The van der Waals surface area contributed by atoms with Crippen molar-refractivity contribution in [2.75, 3.05) is 14.1 Å². The van der Waals surface area contributed by atoms with Gasteiger partial charge in [0.15, 0.2) is 5.78 Å². The third-order valence-electron chi connectivity index (χ3n) is 2.68. The number of nitrogens with zero attached hydrogens (tertiary/aromatic N) is 2. The lowest BCUT2D eigenvalue weighted by atomic mass is 10.1. The molecule has 1 aliphatic rings. The molecule has 1 aromatic heterocycles. The van der Waals surface area contributed by atoms with Gasteiger partial charge in [-0.25, -0.2) is 0 Å². The van der Waals surface area contributed by atoms with E-state index >= 15 is 0 Å². The maximum Gasteiger partial charge on any atom is 0.185 e. The molecule has 0 saturated heterocycles. The Morgan fingerprint density at radius 1 is 1.33 bits per heavy atom. The number of hydrogen-bond donors (Lipinski definition) is 0. The Bertz CT molecular complexity index is 508. The Labute approximate surface area is 106 Å². The van der Waals surface area contributed by atoms with Crippen LogP contribution >= 0.6 is 0 Å². The fourth-order valence-corrected chi connectivity index (χ4v) is 1.80. The fraction of sp³-hybridized carbons (Fsp3) is 0.286. The predicted octanol–water partition coefficient (Wildman–Crippen LogP) is 2.50. The molecule has 0 spiro atoms. The van der Waals surface area contributed by atoms with Crippen LogP contribution in [0.15, 0.2) is 45.1 Å². The van der Waals surface area contributed by atoms with Gasteiger partial charge in [0.1, 0.15) is 5.76 Å². The van der Waals surface area contributed by atoms with Crippen LogP contribution in [0.2, 0.25) is 0 Å². The molecule has 0 N–H and O–H groups in total. The number of hydrazone groups is 1. The largest absolute Gasteiger partial charge is 0.465 e. The van der Waals surface area contributed by atoms with Crippen LogP contribution in [0.1, 0.15) is 18.6 Å². The van der Waals surface area contributed by atoms with Crippen LogP contribution < -0.4 is 0 Å². The number of rotatable bonds is 3. The molecule has 0 amide bonds. The van der Waals surface area contributed by atoms with Crippen LogP contribution in [-0.4, -0.2) is 31.1 Å². The average Bonchev–Trinajstić information content (AvgIpc) is 2.93. The SMILES string of the molecule is CN(C)/N=C\C=C1/CC/C(=C\c2ccco2)C1=O. The summed E-state index contributed by atoms with van der Waals surface area (Å²) in [7, 11) is 3.68. The lowest BCUT2D eigenvalue weighted by molar-refractivity contribution is -0.111. The summed E-state index contributed by atoms with van der Waals surface area (Å²) >= 11 is 0. The van der Waals surface area contributed by atoms with E-state index in [9.17, 15) is 4.79 Å². The van der Waals surface area contributed by atoms with Crippen molar-refractivity contribution in [2.45, 2.75) is 12.8 Å². The van der Waals surface area contributed by atoms with E-state index in [0.717, 1.165) is 29.7 Å². The molecule has 0 bridgehead atoms. The monoisotopic (exact) mass is 244 g/mol. The van der Waals surface area contributed by atoms with Gasteiger partial charge in [0.25, 0.3) is 0 Å². The highest BCUT2D eigenvalue weighted by Crippen LogP contribution is 2.27. The third-order valence-corrected chi connectivity index (χ3v) is 2.68. The minimum atomic E-state index is 0.0941. The summed E-state index contributed by atoms with van der Waals surface area (Å²) in [5.74, 6) is 0.818. The maximum absolute atomic E-state index is 12.1. The highest BCUT2D eigenvalue weighted by atomic mass is 16.3. The Hall–Kier alpha value is -2.10. The van der Waals surface area contributed by atoms with Gasteiger partial charge in [0, 0.05) is 31.5 Å². The normalized spacial score (nSPS) is 20.4. The van der Waals surface area contributed by atoms with E-state index in [1.807, 2.05) is 32.3 Å². The topological polar surface area (TPSA) is 45.8 Å². The Morgan fingerprint density at radius 2 is 2.11 bits per heavy atom. The Morgan fingerprint density at radius 3 is 2.78 bits per heavy atom. The van der Waals surface area contributed by atoms with E-state index in [1.54, 1.807) is 23.6 Å². The minimum absolute atomic E-state index is 0.0941. The summed E-state index contributed by atoms with van der Waals surface area (Å²) < 4.78 is 5.21. The first-order chi connectivity index (χ1) is 8.66. The Kier molecular flexibility index (Phi) is 3.77. The van der Waals surface area contributed by atoms with Gasteiger partial charge in [-0.2, -0.15) is 5.10 Å². The maximum atomic E-state index is 12.1. The molecule has 18 heavy (non-hydrogen) atoms. The van der Waals surface area contributed by atoms with Gasteiger partial charge in [-0.3, -0.25) is 4.79 Å². The van der Waals surface area contributed by atoms with E-state index in [0.29, 0.717) is 0 Å². The van der Waals surface area contributed by atoms with Crippen LogP contribution in [0.4, 0.5) is 0 Å². The van der Waals surface area contributed by atoms with Gasteiger partial charge in [0.05, 0.1) is 6.26 Å². The smallest absolute Gasteiger partial charge is 0.185 e. The van der Waals surface area contributed by atoms with Gasteiger partial charge >= 0.3 is 0 Å². The van der Waals surface area contributed by atoms with E-state index in [4.69, 9.17) is 4.42 Å². The van der Waals surface area contributed by atoms with E-state index < -0.39 is 0 Å². The highest BCUT2D eigenvalue weighted by Gasteiger charge is 2.22. The molecule has 1 aliphatic carbocycles. The minimum Gasteiger partial charge on any atom is -0.465 e. The molecule has 0 atom stereocenters. The molecular formula is C14H16N2O2. The summed E-state index contributed by atoms with van der Waals surface area (Å²) in [5, 5.41) is 5.76. The molecule has 0 radical (unpaired) electrons. The second-order valence-corrected chi connectivity index (χ2v) is 4.32. The van der Waals surface area contributed by atoms with Gasteiger partial charge in [0.2, 0.25) is 0 Å².